The van der Waals surface area contributed by atoms with Crippen LogP contribution in [0.4, 0.5) is 5.69 Å². The van der Waals surface area contributed by atoms with Crippen molar-refractivity contribution in [3.63, 3.8) is 0 Å². The molecule has 5 heteroatoms. The summed E-state index contributed by atoms with van der Waals surface area (Å²) >= 11 is 3.46. The standard InChI is InChI=1S/C15H18N2OS2/c1-10-4-2-5-11-12(16)14(20-13(10)11)15(18)17-6-3-8-19-9-7-17/h2,4-5H,3,6-9,16H2,1H3. The lowest BCUT2D eigenvalue weighted by molar-refractivity contribution is 0.0774. The van der Waals surface area contributed by atoms with Crippen LogP contribution in [0.3, 0.4) is 0 Å². The van der Waals surface area contributed by atoms with Gasteiger partial charge in [-0.2, -0.15) is 11.8 Å². The second-order valence-corrected chi connectivity index (χ2v) is 7.30. The number of hydrogen-bond acceptors (Lipinski definition) is 4. The lowest BCUT2D eigenvalue weighted by Crippen LogP contribution is -2.32. The molecule has 1 aromatic carbocycles. The largest absolute Gasteiger partial charge is 0.397 e. The Balaban J connectivity index is 1.99. The van der Waals surface area contributed by atoms with Crippen LogP contribution in [0.1, 0.15) is 21.7 Å². The van der Waals surface area contributed by atoms with E-state index in [1.165, 1.54) is 16.9 Å². The van der Waals surface area contributed by atoms with Crippen LogP contribution in [0.5, 0.6) is 0 Å². The van der Waals surface area contributed by atoms with Crippen LogP contribution in [0.25, 0.3) is 10.1 Å². The highest BCUT2D eigenvalue weighted by molar-refractivity contribution is 7.99. The van der Waals surface area contributed by atoms with E-state index in [4.69, 9.17) is 5.73 Å². The summed E-state index contributed by atoms with van der Waals surface area (Å²) < 4.78 is 1.14. The van der Waals surface area contributed by atoms with Gasteiger partial charge in [0, 0.05) is 28.9 Å². The van der Waals surface area contributed by atoms with Crippen LogP contribution in [-0.4, -0.2) is 35.4 Å². The van der Waals surface area contributed by atoms with Crippen molar-refractivity contribution in [2.75, 3.05) is 30.3 Å². The van der Waals surface area contributed by atoms with E-state index in [0.717, 1.165) is 41.1 Å². The Bertz CT molecular complexity index is 643. The fraction of sp³-hybridized carbons (Fsp3) is 0.400. The summed E-state index contributed by atoms with van der Waals surface area (Å²) in [6.45, 7) is 3.74. The van der Waals surface area contributed by atoms with Gasteiger partial charge in [-0.25, -0.2) is 0 Å². The first-order valence-electron chi connectivity index (χ1n) is 6.83. The molecular weight excluding hydrogens is 288 g/mol. The summed E-state index contributed by atoms with van der Waals surface area (Å²) in [7, 11) is 0. The number of nitrogens with zero attached hydrogens (tertiary/aromatic N) is 1. The van der Waals surface area contributed by atoms with E-state index in [1.54, 1.807) is 0 Å². The van der Waals surface area contributed by atoms with Crippen molar-refractivity contribution in [3.8, 4) is 0 Å². The maximum absolute atomic E-state index is 12.7. The number of thioether (sulfide) groups is 1. The van der Waals surface area contributed by atoms with Gasteiger partial charge in [-0.05, 0) is 24.7 Å². The SMILES string of the molecule is Cc1cccc2c(N)c(C(=O)N3CCCSCC3)sc12. The topological polar surface area (TPSA) is 46.3 Å². The fourth-order valence-electron chi connectivity index (χ4n) is 2.53. The highest BCUT2D eigenvalue weighted by atomic mass is 32.2. The van der Waals surface area contributed by atoms with Gasteiger partial charge < -0.3 is 10.6 Å². The molecule has 1 aromatic heterocycles. The van der Waals surface area contributed by atoms with Crippen LogP contribution >= 0.6 is 23.1 Å². The van der Waals surface area contributed by atoms with Crippen molar-refractivity contribution in [1.82, 2.24) is 4.90 Å². The Hall–Kier alpha value is -1.20. The average Bonchev–Trinajstić information content (AvgIpc) is 2.66. The number of thiophene rings is 1. The maximum Gasteiger partial charge on any atom is 0.266 e. The molecule has 2 N–H and O–H groups in total. The zero-order chi connectivity index (χ0) is 14.1. The highest BCUT2D eigenvalue weighted by Gasteiger charge is 2.23. The van der Waals surface area contributed by atoms with Gasteiger partial charge in [-0.15, -0.1) is 11.3 Å². The number of amides is 1. The smallest absolute Gasteiger partial charge is 0.266 e. The highest BCUT2D eigenvalue weighted by Crippen LogP contribution is 2.36. The molecule has 1 aliphatic heterocycles. The van der Waals surface area contributed by atoms with Crippen molar-refractivity contribution >= 4 is 44.8 Å². The van der Waals surface area contributed by atoms with Gasteiger partial charge >= 0.3 is 0 Å². The number of fused-ring (bicyclic) bond motifs is 1. The van der Waals surface area contributed by atoms with Gasteiger partial charge in [-0.3, -0.25) is 4.79 Å². The lowest BCUT2D eigenvalue weighted by atomic mass is 10.1. The minimum atomic E-state index is 0.102. The van der Waals surface area contributed by atoms with Crippen molar-refractivity contribution in [1.29, 1.82) is 0 Å². The molecule has 1 aliphatic rings. The molecule has 0 unspecified atom stereocenters. The van der Waals surface area contributed by atoms with E-state index in [2.05, 4.69) is 13.0 Å². The zero-order valence-electron chi connectivity index (χ0n) is 11.5. The Morgan fingerprint density at radius 1 is 1.30 bits per heavy atom. The lowest BCUT2D eigenvalue weighted by Gasteiger charge is -2.19. The first-order valence-corrected chi connectivity index (χ1v) is 8.80. The van der Waals surface area contributed by atoms with Gasteiger partial charge in [0.05, 0.1) is 5.69 Å². The van der Waals surface area contributed by atoms with Crippen molar-refractivity contribution < 1.29 is 4.79 Å². The van der Waals surface area contributed by atoms with Crippen molar-refractivity contribution in [3.05, 3.63) is 28.6 Å². The second kappa shape index (κ2) is 5.66. The number of aryl methyl sites for hydroxylation is 1. The van der Waals surface area contributed by atoms with Crippen LogP contribution in [0.2, 0.25) is 0 Å². The number of carbonyl (C=O) groups excluding carboxylic acids is 1. The van der Waals surface area contributed by atoms with Gasteiger partial charge in [0.1, 0.15) is 4.88 Å². The van der Waals surface area contributed by atoms with Gasteiger partial charge in [0.15, 0.2) is 0 Å². The number of rotatable bonds is 1. The van der Waals surface area contributed by atoms with E-state index in [0.29, 0.717) is 10.6 Å². The number of anilines is 1. The van der Waals surface area contributed by atoms with Crippen LogP contribution < -0.4 is 5.73 Å². The van der Waals surface area contributed by atoms with Gasteiger partial charge in [-0.1, -0.05) is 18.2 Å². The molecule has 1 fully saturated rings. The molecule has 0 spiro atoms. The number of benzene rings is 1. The number of nitrogen functional groups attached to an aromatic ring is 1. The Labute approximate surface area is 127 Å². The summed E-state index contributed by atoms with van der Waals surface area (Å²) in [5.41, 5.74) is 8.05. The van der Waals surface area contributed by atoms with E-state index >= 15 is 0 Å². The third kappa shape index (κ3) is 2.40. The molecular formula is C15H18N2OS2. The molecule has 1 amide bonds. The number of hydrogen-bond donors (Lipinski definition) is 1. The summed E-state index contributed by atoms with van der Waals surface area (Å²) in [5.74, 6) is 2.27. The summed E-state index contributed by atoms with van der Waals surface area (Å²) in [4.78, 5) is 15.4. The summed E-state index contributed by atoms with van der Waals surface area (Å²) in [5, 5.41) is 1.02. The molecule has 0 radical (unpaired) electrons. The molecule has 20 heavy (non-hydrogen) atoms. The Morgan fingerprint density at radius 3 is 2.95 bits per heavy atom. The number of carbonyl (C=O) groups is 1. The molecule has 0 atom stereocenters. The summed E-state index contributed by atoms with van der Waals surface area (Å²) in [6.07, 6.45) is 1.07. The molecule has 3 nitrogen and oxygen atoms in total. The first-order chi connectivity index (χ1) is 9.68. The number of nitrogens with two attached hydrogens (primary N) is 1. The van der Waals surface area contributed by atoms with Gasteiger partial charge in [0.2, 0.25) is 0 Å². The van der Waals surface area contributed by atoms with Crippen LogP contribution in [0.15, 0.2) is 18.2 Å². The van der Waals surface area contributed by atoms with E-state index < -0.39 is 0 Å². The molecule has 0 saturated carbocycles. The molecule has 2 aromatic rings. The van der Waals surface area contributed by atoms with Crippen LogP contribution in [0, 0.1) is 6.92 Å². The first kappa shape index (κ1) is 13.8. The third-order valence-electron chi connectivity index (χ3n) is 3.65. The predicted molar refractivity (Wildman–Crippen MR) is 88.8 cm³/mol. The van der Waals surface area contributed by atoms with E-state index in [-0.39, 0.29) is 5.91 Å². The second-order valence-electron chi connectivity index (χ2n) is 5.05. The monoisotopic (exact) mass is 306 g/mol. The predicted octanol–water partition coefficient (Wildman–Crippen LogP) is 3.37. The molecule has 1 saturated heterocycles. The zero-order valence-corrected chi connectivity index (χ0v) is 13.1. The van der Waals surface area contributed by atoms with E-state index in [9.17, 15) is 4.79 Å². The minimum absolute atomic E-state index is 0.102. The molecule has 0 bridgehead atoms. The Kier molecular flexibility index (Phi) is 3.89. The maximum atomic E-state index is 12.7. The molecule has 0 aliphatic carbocycles. The fourth-order valence-corrected chi connectivity index (χ4v) is 4.58. The van der Waals surface area contributed by atoms with Crippen molar-refractivity contribution in [2.24, 2.45) is 0 Å². The Morgan fingerprint density at radius 2 is 2.15 bits per heavy atom. The minimum Gasteiger partial charge on any atom is -0.397 e. The average molecular weight is 306 g/mol. The van der Waals surface area contributed by atoms with Crippen LogP contribution in [-0.2, 0) is 0 Å². The molecule has 3 rings (SSSR count). The van der Waals surface area contributed by atoms with Crippen molar-refractivity contribution in [2.45, 2.75) is 13.3 Å². The summed E-state index contributed by atoms with van der Waals surface area (Å²) in [6, 6.07) is 6.07. The van der Waals surface area contributed by atoms with Gasteiger partial charge in [0.25, 0.3) is 5.91 Å². The molecule has 2 heterocycles. The quantitative estimate of drug-likeness (QED) is 0.878. The normalized spacial score (nSPS) is 16.4. The molecule has 106 valence electrons. The third-order valence-corrected chi connectivity index (χ3v) is 6.05. The van der Waals surface area contributed by atoms with E-state index in [1.807, 2.05) is 28.8 Å².